The summed E-state index contributed by atoms with van der Waals surface area (Å²) in [7, 11) is -4.20. The number of imidazole rings is 1. The predicted octanol–water partition coefficient (Wildman–Crippen LogP) is 2.10. The van der Waals surface area contributed by atoms with E-state index in [1.807, 2.05) is 30.3 Å². The first-order valence-corrected chi connectivity index (χ1v) is 7.01. The van der Waals surface area contributed by atoms with Crippen LogP contribution in [0.3, 0.4) is 0 Å². The van der Waals surface area contributed by atoms with E-state index in [4.69, 9.17) is 4.55 Å². The normalized spacial score (nSPS) is 11.2. The van der Waals surface area contributed by atoms with Gasteiger partial charge < -0.3 is 4.98 Å². The van der Waals surface area contributed by atoms with Crippen molar-refractivity contribution in [2.24, 2.45) is 0 Å². The summed E-state index contributed by atoms with van der Waals surface area (Å²) in [6.07, 6.45) is 0. The average molecular weight is 297 g/mol. The largest absolute Gasteiger partial charge is 0.338 e. The van der Waals surface area contributed by atoms with Crippen LogP contribution < -0.4 is 0 Å². The molecule has 5 nitrogen and oxygen atoms in total. The van der Waals surface area contributed by atoms with E-state index in [2.05, 4.69) is 9.97 Å². The van der Waals surface area contributed by atoms with Crippen LogP contribution in [-0.2, 0) is 10.1 Å². The maximum Gasteiger partial charge on any atom is 0.294 e. The fourth-order valence-electron chi connectivity index (χ4n) is 1.88. The molecule has 0 amide bonds. The van der Waals surface area contributed by atoms with Crippen LogP contribution in [0.5, 0.6) is 0 Å². The number of hydrogen-bond donors (Lipinski definition) is 2. The summed E-state index contributed by atoms with van der Waals surface area (Å²) in [5.74, 6) is 0.656. The average Bonchev–Trinajstić information content (AvgIpc) is 2.81. The van der Waals surface area contributed by atoms with E-state index in [1.165, 1.54) is 12.1 Å². The van der Waals surface area contributed by atoms with E-state index in [9.17, 15) is 8.42 Å². The summed E-state index contributed by atoms with van der Waals surface area (Å²) in [5, 5.41) is 0. The van der Waals surface area contributed by atoms with Crippen molar-refractivity contribution in [3.8, 4) is 11.4 Å². The minimum Gasteiger partial charge on any atom is -0.338 e. The van der Waals surface area contributed by atoms with Gasteiger partial charge in [0.15, 0.2) is 0 Å². The maximum atomic E-state index is 11.1. The Morgan fingerprint density at radius 1 is 1.05 bits per heavy atom. The fraction of sp³-hybridized carbons (Fsp3) is 0. The van der Waals surface area contributed by atoms with Crippen molar-refractivity contribution in [3.63, 3.8) is 0 Å². The monoisotopic (exact) mass is 297 g/mol. The molecular weight excluding hydrogens is 287 g/mol. The van der Waals surface area contributed by atoms with Gasteiger partial charge in [-0.3, -0.25) is 4.55 Å². The van der Waals surface area contributed by atoms with Crippen LogP contribution in [0.2, 0.25) is 0 Å². The second kappa shape index (κ2) is 5.67. The van der Waals surface area contributed by atoms with E-state index in [1.54, 1.807) is 6.07 Å². The Labute approximate surface area is 138 Å². The van der Waals surface area contributed by atoms with Gasteiger partial charge >= 0.3 is 0 Å². The Kier molecular flexibility index (Phi) is 4.31. The Morgan fingerprint density at radius 2 is 1.75 bits per heavy atom. The smallest absolute Gasteiger partial charge is 0.294 e. The van der Waals surface area contributed by atoms with Gasteiger partial charge in [-0.05, 0) is 18.2 Å². The molecule has 1 radical (unpaired) electrons. The van der Waals surface area contributed by atoms with Gasteiger partial charge in [-0.25, -0.2) is 4.98 Å². The van der Waals surface area contributed by atoms with Gasteiger partial charge in [0.05, 0.1) is 15.9 Å². The second-order valence-electron chi connectivity index (χ2n) is 4.11. The van der Waals surface area contributed by atoms with E-state index < -0.39 is 10.1 Å². The number of hydrogen-bond acceptors (Lipinski definition) is 3. The van der Waals surface area contributed by atoms with Gasteiger partial charge in [-0.2, -0.15) is 8.42 Å². The molecule has 0 fully saturated rings. The van der Waals surface area contributed by atoms with Gasteiger partial charge in [-0.15, -0.1) is 0 Å². The van der Waals surface area contributed by atoms with Crippen molar-refractivity contribution in [3.05, 3.63) is 48.5 Å². The SMILES string of the molecule is O=S(=O)(O)c1ccc2nc(-c3ccccc3)[nH]c2c1.[Na]. The van der Waals surface area contributed by atoms with E-state index in [0.29, 0.717) is 16.9 Å². The molecule has 3 aromatic rings. The number of H-pyrrole nitrogens is 1. The summed E-state index contributed by atoms with van der Waals surface area (Å²) in [6.45, 7) is 0. The minimum absolute atomic E-state index is 0. The predicted molar refractivity (Wildman–Crippen MR) is 77.1 cm³/mol. The van der Waals surface area contributed by atoms with Crippen LogP contribution in [0.15, 0.2) is 53.4 Å². The topological polar surface area (TPSA) is 83.1 Å². The zero-order chi connectivity index (χ0) is 13.5. The van der Waals surface area contributed by atoms with Crippen LogP contribution in [0, 0.1) is 0 Å². The number of aromatic nitrogens is 2. The number of rotatable bonds is 2. The Morgan fingerprint density at radius 3 is 2.40 bits per heavy atom. The van der Waals surface area contributed by atoms with Crippen LogP contribution in [0.25, 0.3) is 22.4 Å². The molecule has 0 bridgehead atoms. The van der Waals surface area contributed by atoms with Crippen molar-refractivity contribution in [2.45, 2.75) is 4.90 Å². The number of nitrogens with zero attached hydrogens (tertiary/aromatic N) is 1. The molecule has 97 valence electrons. The number of nitrogens with one attached hydrogen (secondary N) is 1. The Balaban J connectivity index is 0.00000147. The van der Waals surface area contributed by atoms with Crippen LogP contribution in [-0.4, -0.2) is 52.5 Å². The molecule has 0 spiro atoms. The van der Waals surface area contributed by atoms with Gasteiger partial charge in [0.25, 0.3) is 10.1 Å². The summed E-state index contributed by atoms with van der Waals surface area (Å²) >= 11 is 0. The summed E-state index contributed by atoms with van der Waals surface area (Å²) in [6, 6.07) is 13.8. The van der Waals surface area contributed by atoms with Crippen molar-refractivity contribution >= 4 is 50.7 Å². The first-order chi connectivity index (χ1) is 9.04. The van der Waals surface area contributed by atoms with Crippen LogP contribution in [0.1, 0.15) is 0 Å². The Bertz CT molecular complexity index is 844. The molecule has 1 aromatic heterocycles. The zero-order valence-corrected chi connectivity index (χ0v) is 13.6. The number of benzene rings is 2. The minimum atomic E-state index is -4.20. The molecule has 0 unspecified atom stereocenters. The molecule has 7 heteroatoms. The standard InChI is InChI=1S/C13H10N2O3S.Na/c16-19(17,18)10-6-7-11-12(8-10)15-13(14-11)9-4-2-1-3-5-9;/h1-8H,(H,14,15)(H,16,17,18);. The number of aromatic amines is 1. The third kappa shape index (κ3) is 2.94. The molecule has 1 heterocycles. The molecule has 3 rings (SSSR count). The molecule has 0 aliphatic heterocycles. The van der Waals surface area contributed by atoms with Gasteiger partial charge in [0.2, 0.25) is 0 Å². The van der Waals surface area contributed by atoms with Gasteiger partial charge in [-0.1, -0.05) is 30.3 Å². The van der Waals surface area contributed by atoms with Crippen LogP contribution in [0.4, 0.5) is 0 Å². The molecule has 2 N–H and O–H groups in total. The summed E-state index contributed by atoms with van der Waals surface area (Å²) in [5.41, 5.74) is 2.12. The molecule has 0 saturated heterocycles. The fourth-order valence-corrected chi connectivity index (χ4v) is 2.39. The quantitative estimate of drug-likeness (QED) is 0.560. The van der Waals surface area contributed by atoms with Crippen molar-refractivity contribution in [1.82, 2.24) is 9.97 Å². The van der Waals surface area contributed by atoms with Gasteiger partial charge in [0.1, 0.15) is 5.82 Å². The molecule has 20 heavy (non-hydrogen) atoms. The summed E-state index contributed by atoms with van der Waals surface area (Å²) in [4.78, 5) is 7.26. The first kappa shape index (κ1) is 15.2. The molecular formula is C13H10N2NaO3S. The van der Waals surface area contributed by atoms with Crippen LogP contribution >= 0.6 is 0 Å². The molecule has 0 aliphatic rings. The Hall–Kier alpha value is -1.18. The van der Waals surface area contributed by atoms with Crippen molar-refractivity contribution in [2.75, 3.05) is 0 Å². The van der Waals surface area contributed by atoms with Crippen molar-refractivity contribution in [1.29, 1.82) is 0 Å². The third-order valence-corrected chi connectivity index (χ3v) is 3.65. The van der Waals surface area contributed by atoms with Crippen molar-refractivity contribution < 1.29 is 13.0 Å². The molecule has 2 aromatic carbocycles. The zero-order valence-electron chi connectivity index (χ0n) is 10.7. The van der Waals surface area contributed by atoms with Gasteiger partial charge in [0, 0.05) is 35.1 Å². The van der Waals surface area contributed by atoms with E-state index in [-0.39, 0.29) is 34.5 Å². The van der Waals surface area contributed by atoms with E-state index >= 15 is 0 Å². The second-order valence-corrected chi connectivity index (χ2v) is 5.53. The molecule has 0 saturated carbocycles. The molecule has 0 atom stereocenters. The molecule has 0 aliphatic carbocycles. The maximum absolute atomic E-state index is 11.1. The number of fused-ring (bicyclic) bond motifs is 1. The van der Waals surface area contributed by atoms with E-state index in [0.717, 1.165) is 5.56 Å². The summed E-state index contributed by atoms with van der Waals surface area (Å²) < 4.78 is 31.2. The first-order valence-electron chi connectivity index (χ1n) is 5.57. The third-order valence-electron chi connectivity index (χ3n) is 2.80.